The number of hydrogen-bond donors (Lipinski definition) is 0. The molecule has 0 amide bonds. The Morgan fingerprint density at radius 3 is 2.73 bits per heavy atom. The molecule has 1 heterocycles. The molecule has 0 bridgehead atoms. The topological polar surface area (TPSA) is 29.0 Å². The van der Waals surface area contributed by atoms with Crippen molar-refractivity contribution in [3.63, 3.8) is 0 Å². The third kappa shape index (κ3) is 2.27. The highest BCUT2D eigenvalue weighted by Gasteiger charge is 1.98. The molecular weight excluding hydrogens is 138 g/mol. The van der Waals surface area contributed by atoms with Crippen LogP contribution in [0.15, 0.2) is 12.5 Å². The normalized spacial score (nSPS) is 10.5. The van der Waals surface area contributed by atoms with Crippen molar-refractivity contribution in [2.75, 3.05) is 14.1 Å². The van der Waals surface area contributed by atoms with Gasteiger partial charge in [0.05, 0.1) is 0 Å². The van der Waals surface area contributed by atoms with Gasteiger partial charge in [0.15, 0.2) is 0 Å². The fourth-order valence-corrected chi connectivity index (χ4v) is 0.915. The van der Waals surface area contributed by atoms with E-state index in [0.29, 0.717) is 0 Å². The molecule has 0 aliphatic rings. The maximum atomic E-state index is 4.09. The molecule has 0 N–H and O–H groups in total. The van der Waals surface area contributed by atoms with Gasteiger partial charge in [-0.3, -0.25) is 0 Å². The molecule has 0 fully saturated rings. The molecule has 0 radical (unpaired) electrons. The van der Waals surface area contributed by atoms with Crippen molar-refractivity contribution in [1.29, 1.82) is 0 Å². The molecule has 3 nitrogen and oxygen atoms in total. The highest BCUT2D eigenvalue weighted by atomic mass is 15.1. The lowest BCUT2D eigenvalue weighted by molar-refractivity contribution is 0.400. The summed E-state index contributed by atoms with van der Waals surface area (Å²) in [6.07, 6.45) is 3.44. The van der Waals surface area contributed by atoms with Gasteiger partial charge in [0.1, 0.15) is 6.33 Å². The van der Waals surface area contributed by atoms with E-state index in [1.807, 2.05) is 27.2 Å². The second-order valence-electron chi connectivity index (χ2n) is 2.87. The summed E-state index contributed by atoms with van der Waals surface area (Å²) in [5.74, 6) is 0. The molecule has 0 atom stereocenters. The van der Waals surface area contributed by atoms with Crippen molar-refractivity contribution in [2.45, 2.75) is 13.5 Å². The van der Waals surface area contributed by atoms with Gasteiger partial charge in [-0.2, -0.15) is 0 Å². The summed E-state index contributed by atoms with van der Waals surface area (Å²) in [5, 5.41) is 0. The Bertz CT molecular complexity index is 233. The van der Waals surface area contributed by atoms with E-state index < -0.39 is 0 Å². The number of aromatic nitrogens is 2. The van der Waals surface area contributed by atoms with Gasteiger partial charge < -0.3 is 4.90 Å². The molecule has 11 heavy (non-hydrogen) atoms. The summed E-state index contributed by atoms with van der Waals surface area (Å²) in [7, 11) is 4.07. The van der Waals surface area contributed by atoms with E-state index >= 15 is 0 Å². The van der Waals surface area contributed by atoms with Crippen molar-refractivity contribution in [3.8, 4) is 0 Å². The van der Waals surface area contributed by atoms with Crippen LogP contribution in [0.2, 0.25) is 0 Å². The molecule has 0 unspecified atom stereocenters. The van der Waals surface area contributed by atoms with E-state index in [1.54, 1.807) is 6.33 Å². The summed E-state index contributed by atoms with van der Waals surface area (Å²) < 4.78 is 0. The molecule has 0 saturated heterocycles. The molecule has 0 aromatic carbocycles. The molecule has 0 saturated carbocycles. The maximum Gasteiger partial charge on any atom is 0.115 e. The van der Waals surface area contributed by atoms with Crippen molar-refractivity contribution >= 4 is 0 Å². The second kappa shape index (κ2) is 3.44. The smallest absolute Gasteiger partial charge is 0.115 e. The Morgan fingerprint density at radius 1 is 1.45 bits per heavy atom. The van der Waals surface area contributed by atoms with Crippen LogP contribution in [-0.4, -0.2) is 29.0 Å². The third-order valence-corrected chi connectivity index (χ3v) is 1.50. The average molecular weight is 151 g/mol. The molecule has 60 valence electrons. The standard InChI is InChI=1S/C8H13N3/c1-7-8(5-11(2)3)4-9-6-10-7/h4,6H,5H2,1-3H3. The average Bonchev–Trinajstić information content (AvgIpc) is 1.93. The lowest BCUT2D eigenvalue weighted by Gasteiger charge is -2.09. The van der Waals surface area contributed by atoms with Crippen LogP contribution < -0.4 is 0 Å². The van der Waals surface area contributed by atoms with Crippen LogP contribution in [0.4, 0.5) is 0 Å². The molecule has 1 aromatic heterocycles. The molecular formula is C8H13N3. The second-order valence-corrected chi connectivity index (χ2v) is 2.87. The fraction of sp³-hybridized carbons (Fsp3) is 0.500. The highest BCUT2D eigenvalue weighted by Crippen LogP contribution is 2.02. The first-order valence-electron chi connectivity index (χ1n) is 3.60. The van der Waals surface area contributed by atoms with Gasteiger partial charge in [-0.15, -0.1) is 0 Å². The largest absolute Gasteiger partial charge is 0.305 e. The molecule has 1 rings (SSSR count). The summed E-state index contributed by atoms with van der Waals surface area (Å²) in [5.41, 5.74) is 2.26. The fourth-order valence-electron chi connectivity index (χ4n) is 0.915. The number of rotatable bonds is 2. The van der Waals surface area contributed by atoms with E-state index in [2.05, 4.69) is 14.9 Å². The zero-order valence-corrected chi connectivity index (χ0v) is 7.20. The summed E-state index contributed by atoms with van der Waals surface area (Å²) >= 11 is 0. The molecule has 0 aliphatic carbocycles. The van der Waals surface area contributed by atoms with Gasteiger partial charge in [0, 0.05) is 24.0 Å². The number of aryl methyl sites for hydroxylation is 1. The van der Waals surface area contributed by atoms with Gasteiger partial charge in [-0.25, -0.2) is 9.97 Å². The first-order chi connectivity index (χ1) is 5.20. The third-order valence-electron chi connectivity index (χ3n) is 1.50. The first-order valence-corrected chi connectivity index (χ1v) is 3.60. The first kappa shape index (κ1) is 8.14. The maximum absolute atomic E-state index is 4.09. The van der Waals surface area contributed by atoms with Crippen LogP contribution in [0.25, 0.3) is 0 Å². The monoisotopic (exact) mass is 151 g/mol. The van der Waals surface area contributed by atoms with Crippen LogP contribution in [0.1, 0.15) is 11.3 Å². The van der Waals surface area contributed by atoms with Gasteiger partial charge in [-0.05, 0) is 21.0 Å². The lowest BCUT2D eigenvalue weighted by atomic mass is 10.2. The SMILES string of the molecule is Cc1ncncc1CN(C)C. The van der Waals surface area contributed by atoms with Gasteiger partial charge in [0.2, 0.25) is 0 Å². The minimum Gasteiger partial charge on any atom is -0.305 e. The van der Waals surface area contributed by atoms with Crippen molar-refractivity contribution < 1.29 is 0 Å². The molecule has 0 aliphatic heterocycles. The zero-order valence-electron chi connectivity index (χ0n) is 7.20. The van der Waals surface area contributed by atoms with Gasteiger partial charge in [0.25, 0.3) is 0 Å². The summed E-state index contributed by atoms with van der Waals surface area (Å²) in [6, 6.07) is 0. The van der Waals surface area contributed by atoms with Gasteiger partial charge in [-0.1, -0.05) is 0 Å². The van der Waals surface area contributed by atoms with E-state index in [1.165, 1.54) is 5.56 Å². The zero-order chi connectivity index (χ0) is 8.27. The van der Waals surface area contributed by atoms with Crippen LogP contribution in [0.3, 0.4) is 0 Å². The van der Waals surface area contributed by atoms with Crippen molar-refractivity contribution in [2.24, 2.45) is 0 Å². The predicted octanol–water partition coefficient (Wildman–Crippen LogP) is 0.847. The van der Waals surface area contributed by atoms with Crippen LogP contribution >= 0.6 is 0 Å². The Labute approximate surface area is 67.1 Å². The van der Waals surface area contributed by atoms with Gasteiger partial charge >= 0.3 is 0 Å². The molecule has 1 aromatic rings. The highest BCUT2D eigenvalue weighted by molar-refractivity contribution is 5.13. The Morgan fingerprint density at radius 2 is 2.18 bits per heavy atom. The quantitative estimate of drug-likeness (QED) is 0.627. The van der Waals surface area contributed by atoms with Crippen LogP contribution in [-0.2, 0) is 6.54 Å². The Kier molecular flexibility index (Phi) is 2.54. The summed E-state index contributed by atoms with van der Waals surface area (Å²) in [6.45, 7) is 2.91. The minimum atomic E-state index is 0.909. The van der Waals surface area contributed by atoms with Crippen molar-refractivity contribution in [1.82, 2.24) is 14.9 Å². The van der Waals surface area contributed by atoms with E-state index in [9.17, 15) is 0 Å². The van der Waals surface area contributed by atoms with Crippen molar-refractivity contribution in [3.05, 3.63) is 23.8 Å². The number of nitrogens with zero attached hydrogens (tertiary/aromatic N) is 3. The van der Waals surface area contributed by atoms with Crippen LogP contribution in [0.5, 0.6) is 0 Å². The molecule has 0 spiro atoms. The predicted molar refractivity (Wildman–Crippen MR) is 44.2 cm³/mol. The Balaban J connectivity index is 2.78. The Hall–Kier alpha value is -0.960. The number of hydrogen-bond acceptors (Lipinski definition) is 3. The van der Waals surface area contributed by atoms with E-state index in [-0.39, 0.29) is 0 Å². The van der Waals surface area contributed by atoms with E-state index in [4.69, 9.17) is 0 Å². The minimum absolute atomic E-state index is 0.909. The summed E-state index contributed by atoms with van der Waals surface area (Å²) in [4.78, 5) is 10.2. The lowest BCUT2D eigenvalue weighted by Crippen LogP contribution is -2.12. The van der Waals surface area contributed by atoms with E-state index in [0.717, 1.165) is 12.2 Å². The van der Waals surface area contributed by atoms with Crippen LogP contribution in [0, 0.1) is 6.92 Å². The molecule has 3 heteroatoms.